The number of hydrogen-bond donors (Lipinski definition) is 4. The number of halogens is 2. The SMILES string of the molecule is Nc1ccc(NC2=C(Cl)C(=O)C(Nc3ccc(N)cc3)=C(Cl)C2=O)cc1. The number of rotatable bonds is 4. The second kappa shape index (κ2) is 7.11. The van der Waals surface area contributed by atoms with Gasteiger partial charge < -0.3 is 22.1 Å². The van der Waals surface area contributed by atoms with Crippen molar-refractivity contribution in [3.05, 3.63) is 70.0 Å². The van der Waals surface area contributed by atoms with Gasteiger partial charge in [0.25, 0.3) is 0 Å². The highest BCUT2D eigenvalue weighted by Crippen LogP contribution is 2.31. The molecule has 1 aliphatic carbocycles. The molecule has 0 unspecified atom stereocenters. The van der Waals surface area contributed by atoms with Gasteiger partial charge in [0, 0.05) is 22.7 Å². The van der Waals surface area contributed by atoms with Crippen molar-refractivity contribution in [2.24, 2.45) is 0 Å². The van der Waals surface area contributed by atoms with Gasteiger partial charge >= 0.3 is 0 Å². The van der Waals surface area contributed by atoms with Crippen LogP contribution in [0, 0.1) is 0 Å². The first-order chi connectivity index (χ1) is 12.4. The van der Waals surface area contributed by atoms with Crippen molar-refractivity contribution in [1.82, 2.24) is 0 Å². The number of nitrogen functional groups attached to an aromatic ring is 2. The van der Waals surface area contributed by atoms with Crippen molar-refractivity contribution in [2.45, 2.75) is 0 Å². The summed E-state index contributed by atoms with van der Waals surface area (Å²) in [5.41, 5.74) is 13.3. The Labute approximate surface area is 159 Å². The van der Waals surface area contributed by atoms with Gasteiger partial charge in [-0.05, 0) is 48.5 Å². The molecule has 0 spiro atoms. The van der Waals surface area contributed by atoms with E-state index in [-0.39, 0.29) is 21.5 Å². The number of hydrogen-bond acceptors (Lipinski definition) is 6. The summed E-state index contributed by atoms with van der Waals surface area (Å²) in [4.78, 5) is 25.2. The molecule has 1 aliphatic rings. The number of anilines is 4. The summed E-state index contributed by atoms with van der Waals surface area (Å²) >= 11 is 12.3. The molecule has 26 heavy (non-hydrogen) atoms. The van der Waals surface area contributed by atoms with Crippen molar-refractivity contribution < 1.29 is 9.59 Å². The van der Waals surface area contributed by atoms with Crippen LogP contribution in [0.5, 0.6) is 0 Å². The Kier molecular flexibility index (Phi) is 4.88. The minimum absolute atomic E-state index is 0.0886. The van der Waals surface area contributed by atoms with E-state index in [0.29, 0.717) is 22.7 Å². The molecule has 0 fully saturated rings. The van der Waals surface area contributed by atoms with E-state index in [1.165, 1.54) is 0 Å². The standard InChI is InChI=1S/C18H14Cl2N4O2/c19-13-15(23-11-5-1-9(21)2-6-11)17(25)14(20)16(18(13)26)24-12-7-3-10(22)4-8-12/h1-8,23-24H,21-22H2. The number of Topliss-reactive ketones (excluding diaryl/α,β-unsaturated/α-hetero) is 2. The number of nitrogens with two attached hydrogens (primary N) is 2. The molecule has 132 valence electrons. The number of allylic oxidation sites excluding steroid dienone is 2. The van der Waals surface area contributed by atoms with Crippen LogP contribution in [-0.2, 0) is 9.59 Å². The van der Waals surface area contributed by atoms with Crippen molar-refractivity contribution in [2.75, 3.05) is 22.1 Å². The van der Waals surface area contributed by atoms with Crippen LogP contribution < -0.4 is 22.1 Å². The van der Waals surface area contributed by atoms with E-state index >= 15 is 0 Å². The van der Waals surface area contributed by atoms with Gasteiger partial charge in [0.1, 0.15) is 21.5 Å². The molecular weight excluding hydrogens is 375 g/mol. The maximum atomic E-state index is 12.6. The second-order valence-electron chi connectivity index (χ2n) is 5.53. The zero-order chi connectivity index (χ0) is 18.8. The fourth-order valence-electron chi connectivity index (χ4n) is 2.29. The second-order valence-corrected chi connectivity index (χ2v) is 6.29. The molecule has 0 saturated heterocycles. The van der Waals surface area contributed by atoms with Crippen LogP contribution in [0.4, 0.5) is 22.7 Å². The minimum Gasteiger partial charge on any atom is -0.399 e. The van der Waals surface area contributed by atoms with Crippen molar-refractivity contribution in [3.8, 4) is 0 Å². The third kappa shape index (κ3) is 3.51. The number of carbonyl (C=O) groups is 2. The summed E-state index contributed by atoms with van der Waals surface area (Å²) in [7, 11) is 0. The molecule has 8 heteroatoms. The number of benzene rings is 2. The third-order valence-electron chi connectivity index (χ3n) is 3.65. The van der Waals surface area contributed by atoms with E-state index in [4.69, 9.17) is 34.7 Å². The minimum atomic E-state index is -0.592. The van der Waals surface area contributed by atoms with Gasteiger partial charge in [-0.1, -0.05) is 23.2 Å². The quantitative estimate of drug-likeness (QED) is 0.471. The Hall–Kier alpha value is -2.96. The molecule has 0 heterocycles. The zero-order valence-corrected chi connectivity index (χ0v) is 14.9. The Morgan fingerprint density at radius 2 is 0.923 bits per heavy atom. The van der Waals surface area contributed by atoms with Crippen LogP contribution in [0.3, 0.4) is 0 Å². The summed E-state index contributed by atoms with van der Waals surface area (Å²) in [6, 6.07) is 13.2. The molecule has 2 aromatic rings. The lowest BCUT2D eigenvalue weighted by Crippen LogP contribution is -2.27. The van der Waals surface area contributed by atoms with Gasteiger partial charge in [-0.15, -0.1) is 0 Å². The average molecular weight is 389 g/mol. The van der Waals surface area contributed by atoms with Crippen LogP contribution in [-0.4, -0.2) is 11.6 Å². The highest BCUT2D eigenvalue weighted by atomic mass is 35.5. The molecule has 0 amide bonds. The maximum Gasteiger partial charge on any atom is 0.224 e. The Morgan fingerprint density at radius 1 is 0.615 bits per heavy atom. The normalized spacial score (nSPS) is 14.7. The first kappa shape index (κ1) is 17.8. The summed E-state index contributed by atoms with van der Waals surface area (Å²) in [6.07, 6.45) is 0. The van der Waals surface area contributed by atoms with Crippen LogP contribution in [0.2, 0.25) is 0 Å². The summed E-state index contributed by atoms with van der Waals surface area (Å²) in [5.74, 6) is -1.18. The fourth-order valence-corrected chi connectivity index (χ4v) is 2.75. The predicted molar refractivity (Wildman–Crippen MR) is 105 cm³/mol. The molecule has 2 aromatic carbocycles. The first-order valence-electron chi connectivity index (χ1n) is 7.51. The van der Waals surface area contributed by atoms with Gasteiger partial charge in [-0.3, -0.25) is 9.59 Å². The topological polar surface area (TPSA) is 110 Å². The van der Waals surface area contributed by atoms with Gasteiger partial charge in [0.2, 0.25) is 11.6 Å². The van der Waals surface area contributed by atoms with Gasteiger partial charge in [-0.25, -0.2) is 0 Å². The van der Waals surface area contributed by atoms with E-state index in [1.54, 1.807) is 48.5 Å². The predicted octanol–water partition coefficient (Wildman–Crippen LogP) is 3.43. The number of nitrogens with one attached hydrogen (secondary N) is 2. The average Bonchev–Trinajstić information content (AvgIpc) is 2.64. The molecule has 6 N–H and O–H groups in total. The lowest BCUT2D eigenvalue weighted by atomic mass is 10.0. The number of ketones is 2. The molecule has 0 saturated carbocycles. The Balaban J connectivity index is 1.88. The van der Waals surface area contributed by atoms with Gasteiger partial charge in [0.15, 0.2) is 0 Å². The highest BCUT2D eigenvalue weighted by Gasteiger charge is 2.33. The zero-order valence-electron chi connectivity index (χ0n) is 13.3. The van der Waals surface area contributed by atoms with Crippen molar-refractivity contribution >= 4 is 57.5 Å². The molecule has 6 nitrogen and oxygen atoms in total. The molecular formula is C18H14Cl2N4O2. The number of carbonyl (C=O) groups excluding carboxylic acids is 2. The van der Waals surface area contributed by atoms with Crippen LogP contribution in [0.15, 0.2) is 70.0 Å². The van der Waals surface area contributed by atoms with Crippen LogP contribution in [0.1, 0.15) is 0 Å². The Morgan fingerprint density at radius 3 is 1.23 bits per heavy atom. The molecule has 0 bridgehead atoms. The van der Waals surface area contributed by atoms with Crippen LogP contribution in [0.25, 0.3) is 0 Å². The van der Waals surface area contributed by atoms with Crippen LogP contribution >= 0.6 is 23.2 Å². The van der Waals surface area contributed by atoms with Crippen molar-refractivity contribution in [1.29, 1.82) is 0 Å². The molecule has 0 aliphatic heterocycles. The lowest BCUT2D eigenvalue weighted by molar-refractivity contribution is -0.115. The van der Waals surface area contributed by atoms with Gasteiger partial charge in [-0.2, -0.15) is 0 Å². The smallest absolute Gasteiger partial charge is 0.224 e. The fraction of sp³-hybridized carbons (Fsp3) is 0. The van der Waals surface area contributed by atoms with E-state index in [9.17, 15) is 9.59 Å². The van der Waals surface area contributed by atoms with Gasteiger partial charge in [0.05, 0.1) is 0 Å². The third-order valence-corrected chi connectivity index (χ3v) is 4.37. The molecule has 0 atom stereocenters. The summed E-state index contributed by atoms with van der Waals surface area (Å²) < 4.78 is 0. The van der Waals surface area contributed by atoms with E-state index < -0.39 is 11.6 Å². The lowest BCUT2D eigenvalue weighted by Gasteiger charge is -2.20. The largest absolute Gasteiger partial charge is 0.399 e. The summed E-state index contributed by atoms with van der Waals surface area (Å²) in [5, 5.41) is 5.13. The summed E-state index contributed by atoms with van der Waals surface area (Å²) in [6.45, 7) is 0. The molecule has 3 rings (SSSR count). The van der Waals surface area contributed by atoms with E-state index in [0.717, 1.165) is 0 Å². The first-order valence-corrected chi connectivity index (χ1v) is 8.26. The highest BCUT2D eigenvalue weighted by molar-refractivity contribution is 6.56. The molecule has 0 aromatic heterocycles. The maximum absolute atomic E-state index is 12.6. The van der Waals surface area contributed by atoms with E-state index in [1.807, 2.05) is 0 Å². The monoisotopic (exact) mass is 388 g/mol. The molecule has 0 radical (unpaired) electrons. The Bertz CT molecular complexity index is 869. The van der Waals surface area contributed by atoms with E-state index in [2.05, 4.69) is 10.6 Å². The van der Waals surface area contributed by atoms with Crippen molar-refractivity contribution in [3.63, 3.8) is 0 Å².